The number of piperazine rings is 1. The molecule has 1 aromatic rings. The molecule has 1 fully saturated rings. The molecule has 0 unspecified atom stereocenters. The number of methoxy groups -OCH3 is 1. The number of ether oxygens (including phenoxy) is 1. The van der Waals surface area contributed by atoms with Crippen molar-refractivity contribution < 1.29 is 24.2 Å². The van der Waals surface area contributed by atoms with E-state index >= 15 is 0 Å². The number of nitrogens with zero attached hydrogens (tertiary/aromatic N) is 2. The highest BCUT2D eigenvalue weighted by Crippen LogP contribution is 2.12. The molecular weight excluding hydrogens is 300 g/mol. The monoisotopic (exact) mass is 320 g/mol. The Bertz CT molecular complexity index is 594. The molecule has 1 aromatic carbocycles. The third-order valence-electron chi connectivity index (χ3n) is 3.84. The molecule has 2 rings (SSSR count). The molecule has 7 nitrogen and oxygen atoms in total. The molecule has 0 aromatic heterocycles. The molecule has 1 aliphatic rings. The predicted octanol–water partition coefficient (Wildman–Crippen LogP) is 0.245. The van der Waals surface area contributed by atoms with Crippen molar-refractivity contribution in [2.75, 3.05) is 39.9 Å². The molecular formula is C16H20N2O5. The topological polar surface area (TPSA) is 87.2 Å². The minimum atomic E-state index is -1.04. The number of rotatable bonds is 5. The van der Waals surface area contributed by atoms with E-state index in [0.717, 1.165) is 0 Å². The molecule has 124 valence electrons. The van der Waals surface area contributed by atoms with Crippen molar-refractivity contribution in [3.63, 3.8) is 0 Å². The predicted molar refractivity (Wildman–Crippen MR) is 82.1 cm³/mol. The van der Waals surface area contributed by atoms with E-state index in [2.05, 4.69) is 0 Å². The first-order chi connectivity index (χ1) is 11.0. The van der Waals surface area contributed by atoms with Gasteiger partial charge in [0.15, 0.2) is 0 Å². The van der Waals surface area contributed by atoms with Gasteiger partial charge in [-0.1, -0.05) is 18.2 Å². The molecule has 0 atom stereocenters. The summed E-state index contributed by atoms with van der Waals surface area (Å²) in [6.07, 6.45) is 0.0501. The summed E-state index contributed by atoms with van der Waals surface area (Å²) in [5.74, 6) is -1.25. The van der Waals surface area contributed by atoms with Crippen LogP contribution in [0, 0.1) is 0 Å². The highest BCUT2D eigenvalue weighted by molar-refractivity contribution is 5.91. The van der Waals surface area contributed by atoms with Gasteiger partial charge in [0, 0.05) is 33.3 Å². The summed E-state index contributed by atoms with van der Waals surface area (Å²) in [5.41, 5.74) is 0.651. The summed E-state index contributed by atoms with van der Waals surface area (Å²) < 4.78 is 4.82. The maximum atomic E-state index is 12.3. The van der Waals surface area contributed by atoms with E-state index in [1.54, 1.807) is 28.0 Å². The van der Waals surface area contributed by atoms with Crippen LogP contribution in [0.15, 0.2) is 24.3 Å². The largest absolute Gasteiger partial charge is 0.478 e. The molecule has 23 heavy (non-hydrogen) atoms. The SMILES string of the molecule is COCC(=O)N1CCN(C(=O)Cc2ccccc2C(=O)O)CC1. The number of carbonyl (C=O) groups is 3. The van der Waals surface area contributed by atoms with Crippen LogP contribution in [0.1, 0.15) is 15.9 Å². The number of benzene rings is 1. The van der Waals surface area contributed by atoms with Crippen LogP contribution < -0.4 is 0 Å². The average molecular weight is 320 g/mol. The Morgan fingerprint density at radius 3 is 2.17 bits per heavy atom. The third kappa shape index (κ3) is 4.29. The van der Waals surface area contributed by atoms with E-state index < -0.39 is 5.97 Å². The van der Waals surface area contributed by atoms with Gasteiger partial charge in [0.05, 0.1) is 12.0 Å². The van der Waals surface area contributed by atoms with Crippen molar-refractivity contribution in [3.8, 4) is 0 Å². The van der Waals surface area contributed by atoms with E-state index in [4.69, 9.17) is 9.84 Å². The first kappa shape index (κ1) is 17.0. The molecule has 2 amide bonds. The fourth-order valence-electron chi connectivity index (χ4n) is 2.58. The number of hydrogen-bond donors (Lipinski definition) is 1. The summed E-state index contributed by atoms with van der Waals surface area (Å²) in [7, 11) is 1.47. The van der Waals surface area contributed by atoms with Gasteiger partial charge in [-0.05, 0) is 11.6 Å². The first-order valence-electron chi connectivity index (χ1n) is 7.38. The summed E-state index contributed by atoms with van der Waals surface area (Å²) in [5, 5.41) is 9.15. The number of hydrogen-bond acceptors (Lipinski definition) is 4. The van der Waals surface area contributed by atoms with Crippen molar-refractivity contribution in [2.45, 2.75) is 6.42 Å². The van der Waals surface area contributed by atoms with Gasteiger partial charge in [-0.25, -0.2) is 4.79 Å². The summed E-state index contributed by atoms with van der Waals surface area (Å²) in [6, 6.07) is 6.50. The number of carboxylic acids is 1. The Labute approximate surface area is 134 Å². The van der Waals surface area contributed by atoms with Crippen LogP contribution in [0.25, 0.3) is 0 Å². The summed E-state index contributed by atoms with van der Waals surface area (Å²) in [4.78, 5) is 38.6. The quantitative estimate of drug-likeness (QED) is 0.840. The van der Waals surface area contributed by atoms with Gasteiger partial charge >= 0.3 is 5.97 Å². The smallest absolute Gasteiger partial charge is 0.335 e. The Hall–Kier alpha value is -2.41. The molecule has 1 N–H and O–H groups in total. The van der Waals surface area contributed by atoms with Crippen molar-refractivity contribution in [2.24, 2.45) is 0 Å². The maximum Gasteiger partial charge on any atom is 0.335 e. The van der Waals surface area contributed by atoms with Gasteiger partial charge in [0.2, 0.25) is 11.8 Å². The minimum Gasteiger partial charge on any atom is -0.478 e. The second-order valence-electron chi connectivity index (χ2n) is 5.33. The fraction of sp³-hybridized carbons (Fsp3) is 0.438. The van der Waals surface area contributed by atoms with E-state index in [1.807, 2.05) is 0 Å². The molecule has 1 aliphatic heterocycles. The molecule has 0 aliphatic carbocycles. The van der Waals surface area contributed by atoms with E-state index in [0.29, 0.717) is 31.7 Å². The second kappa shape index (κ2) is 7.73. The summed E-state index contributed by atoms with van der Waals surface area (Å²) >= 11 is 0. The van der Waals surface area contributed by atoms with Gasteiger partial charge in [-0.15, -0.1) is 0 Å². The Balaban J connectivity index is 1.93. The average Bonchev–Trinajstić information content (AvgIpc) is 2.55. The van der Waals surface area contributed by atoms with Gasteiger partial charge in [0.25, 0.3) is 0 Å². The van der Waals surface area contributed by atoms with Crippen LogP contribution in [-0.4, -0.2) is 72.6 Å². The van der Waals surface area contributed by atoms with Crippen molar-refractivity contribution >= 4 is 17.8 Å². The lowest BCUT2D eigenvalue weighted by Crippen LogP contribution is -2.51. The van der Waals surface area contributed by atoms with E-state index in [1.165, 1.54) is 13.2 Å². The normalized spacial score (nSPS) is 14.7. The standard InChI is InChI=1S/C16H20N2O5/c1-23-11-15(20)18-8-6-17(7-9-18)14(19)10-12-4-2-3-5-13(12)16(21)22/h2-5H,6-11H2,1H3,(H,21,22). The maximum absolute atomic E-state index is 12.3. The third-order valence-corrected chi connectivity index (χ3v) is 3.84. The number of aromatic carboxylic acids is 1. The van der Waals surface area contributed by atoms with E-state index in [-0.39, 0.29) is 30.4 Å². The lowest BCUT2D eigenvalue weighted by molar-refractivity contribution is -0.141. The Morgan fingerprint density at radius 2 is 1.61 bits per heavy atom. The van der Waals surface area contributed by atoms with Crippen molar-refractivity contribution in [1.29, 1.82) is 0 Å². The second-order valence-corrected chi connectivity index (χ2v) is 5.33. The molecule has 7 heteroatoms. The molecule has 0 radical (unpaired) electrons. The molecule has 1 saturated heterocycles. The first-order valence-corrected chi connectivity index (χ1v) is 7.38. The van der Waals surface area contributed by atoms with Crippen molar-refractivity contribution in [1.82, 2.24) is 9.80 Å². The van der Waals surface area contributed by atoms with Gasteiger partial charge < -0.3 is 19.6 Å². The number of carbonyl (C=O) groups excluding carboxylic acids is 2. The molecule has 0 spiro atoms. The zero-order valence-corrected chi connectivity index (χ0v) is 13.0. The Morgan fingerprint density at radius 1 is 1.04 bits per heavy atom. The molecule has 0 saturated carbocycles. The van der Waals surface area contributed by atoms with Crippen LogP contribution in [0.4, 0.5) is 0 Å². The lowest BCUT2D eigenvalue weighted by Gasteiger charge is -2.34. The zero-order chi connectivity index (χ0) is 16.8. The Kier molecular flexibility index (Phi) is 5.70. The highest BCUT2D eigenvalue weighted by Gasteiger charge is 2.24. The van der Waals surface area contributed by atoms with E-state index in [9.17, 15) is 14.4 Å². The minimum absolute atomic E-state index is 0.0416. The molecule has 1 heterocycles. The van der Waals surface area contributed by atoms with Crippen molar-refractivity contribution in [3.05, 3.63) is 35.4 Å². The molecule has 0 bridgehead atoms. The fourth-order valence-corrected chi connectivity index (χ4v) is 2.58. The van der Waals surface area contributed by atoms with Crippen LogP contribution >= 0.6 is 0 Å². The van der Waals surface area contributed by atoms with Crippen LogP contribution in [0.5, 0.6) is 0 Å². The highest BCUT2D eigenvalue weighted by atomic mass is 16.5. The number of carboxylic acid groups (broad SMARTS) is 1. The lowest BCUT2D eigenvalue weighted by atomic mass is 10.0. The zero-order valence-electron chi connectivity index (χ0n) is 13.0. The summed E-state index contributed by atoms with van der Waals surface area (Å²) in [6.45, 7) is 1.87. The van der Waals surface area contributed by atoms with Gasteiger partial charge in [-0.2, -0.15) is 0 Å². The van der Waals surface area contributed by atoms with Crippen LogP contribution in [0.3, 0.4) is 0 Å². The van der Waals surface area contributed by atoms with Gasteiger partial charge in [-0.3, -0.25) is 9.59 Å². The van der Waals surface area contributed by atoms with Crippen LogP contribution in [-0.2, 0) is 20.7 Å². The van der Waals surface area contributed by atoms with Crippen LogP contribution in [0.2, 0.25) is 0 Å². The van der Waals surface area contributed by atoms with Gasteiger partial charge in [0.1, 0.15) is 6.61 Å². The number of amides is 2.